The van der Waals surface area contributed by atoms with Crippen molar-refractivity contribution in [3.8, 4) is 5.82 Å². The number of rotatable bonds is 4. The van der Waals surface area contributed by atoms with Crippen LogP contribution in [0.5, 0.6) is 0 Å². The standard InChI is InChI=1S/C17H18N4/c1-13-5-3-4-6-16(13)14(2)20-15-7-8-17(19-11-15)21-10-9-18-12-21/h3-12,14,20H,1-2H3. The van der Waals surface area contributed by atoms with Crippen molar-refractivity contribution in [2.75, 3.05) is 5.32 Å². The summed E-state index contributed by atoms with van der Waals surface area (Å²) in [4.78, 5) is 8.48. The van der Waals surface area contributed by atoms with E-state index in [9.17, 15) is 0 Å². The molecule has 0 aliphatic heterocycles. The third-order valence-corrected chi connectivity index (χ3v) is 3.55. The summed E-state index contributed by atoms with van der Waals surface area (Å²) in [5.74, 6) is 0.863. The highest BCUT2D eigenvalue weighted by atomic mass is 15.1. The molecular weight excluding hydrogens is 260 g/mol. The zero-order valence-corrected chi connectivity index (χ0v) is 12.2. The molecule has 2 heterocycles. The summed E-state index contributed by atoms with van der Waals surface area (Å²) in [7, 11) is 0. The maximum atomic E-state index is 4.45. The molecular formula is C17H18N4. The molecule has 1 N–H and O–H groups in total. The van der Waals surface area contributed by atoms with Crippen LogP contribution in [0.4, 0.5) is 5.69 Å². The minimum Gasteiger partial charge on any atom is -0.377 e. The Bertz CT molecular complexity index is 702. The number of imidazole rings is 1. The van der Waals surface area contributed by atoms with Gasteiger partial charge in [0.05, 0.1) is 11.9 Å². The number of pyridine rings is 1. The summed E-state index contributed by atoms with van der Waals surface area (Å²) < 4.78 is 1.88. The van der Waals surface area contributed by atoms with Gasteiger partial charge in [-0.3, -0.25) is 4.57 Å². The van der Waals surface area contributed by atoms with Crippen LogP contribution in [0.15, 0.2) is 61.3 Å². The molecule has 0 bridgehead atoms. The van der Waals surface area contributed by atoms with E-state index in [-0.39, 0.29) is 6.04 Å². The van der Waals surface area contributed by atoms with E-state index in [0.717, 1.165) is 11.5 Å². The van der Waals surface area contributed by atoms with Gasteiger partial charge in [-0.1, -0.05) is 24.3 Å². The van der Waals surface area contributed by atoms with Gasteiger partial charge in [-0.25, -0.2) is 9.97 Å². The smallest absolute Gasteiger partial charge is 0.137 e. The highest BCUT2D eigenvalue weighted by Crippen LogP contribution is 2.21. The molecule has 1 unspecified atom stereocenters. The van der Waals surface area contributed by atoms with Crippen LogP contribution in [-0.2, 0) is 0 Å². The zero-order valence-electron chi connectivity index (χ0n) is 12.2. The third-order valence-electron chi connectivity index (χ3n) is 3.55. The van der Waals surface area contributed by atoms with Crippen molar-refractivity contribution in [3.05, 3.63) is 72.4 Å². The van der Waals surface area contributed by atoms with Crippen LogP contribution in [0.2, 0.25) is 0 Å². The fraction of sp³-hybridized carbons (Fsp3) is 0.176. The first-order valence-corrected chi connectivity index (χ1v) is 7.00. The van der Waals surface area contributed by atoms with E-state index in [2.05, 4.69) is 53.4 Å². The third kappa shape index (κ3) is 2.94. The lowest BCUT2D eigenvalue weighted by molar-refractivity contribution is 0.871. The summed E-state index contributed by atoms with van der Waals surface area (Å²) >= 11 is 0. The maximum absolute atomic E-state index is 4.45. The molecule has 1 atom stereocenters. The van der Waals surface area contributed by atoms with Crippen LogP contribution in [0.3, 0.4) is 0 Å². The quantitative estimate of drug-likeness (QED) is 0.790. The van der Waals surface area contributed by atoms with E-state index in [1.807, 2.05) is 29.1 Å². The second-order valence-electron chi connectivity index (χ2n) is 5.10. The average molecular weight is 278 g/mol. The van der Waals surface area contributed by atoms with E-state index in [1.54, 1.807) is 12.5 Å². The van der Waals surface area contributed by atoms with Gasteiger partial charge in [0.25, 0.3) is 0 Å². The molecule has 3 rings (SSSR count). The summed E-state index contributed by atoms with van der Waals surface area (Å²) in [6, 6.07) is 12.7. The van der Waals surface area contributed by atoms with Crippen molar-refractivity contribution >= 4 is 5.69 Å². The Labute approximate surface area is 124 Å². The van der Waals surface area contributed by atoms with Crippen molar-refractivity contribution in [2.45, 2.75) is 19.9 Å². The van der Waals surface area contributed by atoms with Crippen molar-refractivity contribution < 1.29 is 0 Å². The monoisotopic (exact) mass is 278 g/mol. The molecule has 4 nitrogen and oxygen atoms in total. The highest BCUT2D eigenvalue weighted by Gasteiger charge is 2.08. The van der Waals surface area contributed by atoms with E-state index >= 15 is 0 Å². The lowest BCUT2D eigenvalue weighted by Crippen LogP contribution is -2.08. The summed E-state index contributed by atoms with van der Waals surface area (Å²) in [5.41, 5.74) is 3.60. The van der Waals surface area contributed by atoms with Gasteiger partial charge in [0.2, 0.25) is 0 Å². The average Bonchev–Trinajstić information content (AvgIpc) is 3.02. The molecule has 0 fully saturated rings. The predicted octanol–water partition coefficient (Wildman–Crippen LogP) is 3.75. The highest BCUT2D eigenvalue weighted by molar-refractivity contribution is 5.46. The summed E-state index contributed by atoms with van der Waals surface area (Å²) in [6.45, 7) is 4.29. The topological polar surface area (TPSA) is 42.7 Å². The number of nitrogens with one attached hydrogen (secondary N) is 1. The first-order valence-electron chi connectivity index (χ1n) is 7.00. The van der Waals surface area contributed by atoms with E-state index in [0.29, 0.717) is 0 Å². The maximum Gasteiger partial charge on any atom is 0.137 e. The minimum atomic E-state index is 0.243. The molecule has 3 aromatic rings. The Balaban J connectivity index is 1.75. The van der Waals surface area contributed by atoms with Crippen molar-refractivity contribution in [2.24, 2.45) is 0 Å². The van der Waals surface area contributed by atoms with E-state index in [1.165, 1.54) is 11.1 Å². The lowest BCUT2D eigenvalue weighted by Gasteiger charge is -2.17. The number of hydrogen-bond donors (Lipinski definition) is 1. The molecule has 0 saturated carbocycles. The van der Waals surface area contributed by atoms with Crippen LogP contribution in [0.1, 0.15) is 24.1 Å². The second kappa shape index (κ2) is 5.79. The summed E-state index contributed by atoms with van der Waals surface area (Å²) in [6.07, 6.45) is 7.22. The fourth-order valence-electron chi connectivity index (χ4n) is 2.42. The number of hydrogen-bond acceptors (Lipinski definition) is 3. The van der Waals surface area contributed by atoms with Crippen molar-refractivity contribution in [1.29, 1.82) is 0 Å². The Kier molecular flexibility index (Phi) is 3.69. The fourth-order valence-corrected chi connectivity index (χ4v) is 2.42. The van der Waals surface area contributed by atoms with Crippen molar-refractivity contribution in [1.82, 2.24) is 14.5 Å². The predicted molar refractivity (Wildman–Crippen MR) is 84.6 cm³/mol. The first kappa shape index (κ1) is 13.4. The number of anilines is 1. The lowest BCUT2D eigenvalue weighted by atomic mass is 10.0. The molecule has 0 amide bonds. The van der Waals surface area contributed by atoms with Gasteiger partial charge in [0.1, 0.15) is 12.1 Å². The minimum absolute atomic E-state index is 0.243. The second-order valence-corrected chi connectivity index (χ2v) is 5.10. The van der Waals surface area contributed by atoms with Gasteiger partial charge in [-0.15, -0.1) is 0 Å². The van der Waals surface area contributed by atoms with Crippen LogP contribution >= 0.6 is 0 Å². The van der Waals surface area contributed by atoms with Gasteiger partial charge < -0.3 is 5.32 Å². The molecule has 0 aliphatic rings. The van der Waals surface area contributed by atoms with Gasteiger partial charge in [0, 0.05) is 18.4 Å². The Morgan fingerprint density at radius 3 is 2.67 bits per heavy atom. The number of aromatic nitrogens is 3. The van der Waals surface area contributed by atoms with Crippen LogP contribution in [0, 0.1) is 6.92 Å². The molecule has 2 aromatic heterocycles. The first-order chi connectivity index (χ1) is 10.2. The Morgan fingerprint density at radius 1 is 1.14 bits per heavy atom. The normalized spacial score (nSPS) is 12.1. The van der Waals surface area contributed by atoms with Gasteiger partial charge in [0.15, 0.2) is 0 Å². The van der Waals surface area contributed by atoms with Gasteiger partial charge >= 0.3 is 0 Å². The SMILES string of the molecule is Cc1ccccc1C(C)Nc1ccc(-n2ccnc2)nc1. The van der Waals surface area contributed by atoms with E-state index < -0.39 is 0 Å². The molecule has 0 radical (unpaired) electrons. The Morgan fingerprint density at radius 2 is 2.00 bits per heavy atom. The van der Waals surface area contributed by atoms with Gasteiger partial charge in [-0.05, 0) is 37.1 Å². The molecule has 1 aromatic carbocycles. The van der Waals surface area contributed by atoms with E-state index in [4.69, 9.17) is 0 Å². The van der Waals surface area contributed by atoms with Crippen LogP contribution < -0.4 is 5.32 Å². The molecule has 0 saturated heterocycles. The molecule has 106 valence electrons. The largest absolute Gasteiger partial charge is 0.377 e. The summed E-state index contributed by atoms with van der Waals surface area (Å²) in [5, 5.41) is 3.48. The van der Waals surface area contributed by atoms with Crippen LogP contribution in [-0.4, -0.2) is 14.5 Å². The number of benzene rings is 1. The molecule has 0 aliphatic carbocycles. The van der Waals surface area contributed by atoms with Crippen LogP contribution in [0.25, 0.3) is 5.82 Å². The number of nitrogens with zero attached hydrogens (tertiary/aromatic N) is 3. The number of aryl methyl sites for hydroxylation is 1. The Hall–Kier alpha value is -2.62. The molecule has 0 spiro atoms. The van der Waals surface area contributed by atoms with Gasteiger partial charge in [-0.2, -0.15) is 0 Å². The molecule has 21 heavy (non-hydrogen) atoms. The molecule has 4 heteroatoms. The zero-order chi connectivity index (χ0) is 14.7. The van der Waals surface area contributed by atoms with Crippen molar-refractivity contribution in [3.63, 3.8) is 0 Å².